The second kappa shape index (κ2) is 12.0. The molecule has 0 aromatic heterocycles. The third-order valence-electron chi connectivity index (χ3n) is 5.66. The third-order valence-corrected chi connectivity index (χ3v) is 9.53. The van der Waals surface area contributed by atoms with E-state index in [-0.39, 0.29) is 10.8 Å². The lowest BCUT2D eigenvalue weighted by Gasteiger charge is -2.27. The van der Waals surface area contributed by atoms with Gasteiger partial charge in [0, 0.05) is 41.0 Å². The van der Waals surface area contributed by atoms with E-state index in [1.165, 1.54) is 10.4 Å². The average molecular weight is 606 g/mol. The van der Waals surface area contributed by atoms with Crippen molar-refractivity contribution < 1.29 is 22.1 Å². The fourth-order valence-electron chi connectivity index (χ4n) is 3.71. The smallest absolute Gasteiger partial charge is 0.264 e. The molecular formula is C24H32INO5S2. The molecule has 1 atom stereocenters. The summed E-state index contributed by atoms with van der Waals surface area (Å²) in [5.74, 6) is 0.979. The van der Waals surface area contributed by atoms with Gasteiger partial charge in [-0.1, -0.05) is 32.9 Å². The van der Waals surface area contributed by atoms with Crippen molar-refractivity contribution in [1.29, 1.82) is 0 Å². The molecular weight excluding hydrogens is 573 g/mol. The van der Waals surface area contributed by atoms with Crippen molar-refractivity contribution in [3.63, 3.8) is 0 Å². The fraction of sp³-hybridized carbons (Fsp3) is 0.500. The highest BCUT2D eigenvalue weighted by atomic mass is 127. The van der Waals surface area contributed by atoms with Crippen molar-refractivity contribution in [1.82, 2.24) is 0 Å². The van der Waals surface area contributed by atoms with E-state index in [4.69, 9.17) is 9.47 Å². The summed E-state index contributed by atoms with van der Waals surface area (Å²) in [5.41, 5.74) is 1.77. The Labute approximate surface area is 212 Å². The van der Waals surface area contributed by atoms with Gasteiger partial charge in [0.25, 0.3) is 10.0 Å². The minimum Gasteiger partial charge on any atom is -0.492 e. The number of ether oxygens (including phenoxy) is 2. The standard InChI is InChI=1S/C24H32INO5S2/c1-4-19-5-7-21(8-6-19)26(16-18(2)3)33(28,29)22-9-10-23(24(15-22)32(25)27)31-17-20-11-13-30-14-12-20/h5-10,15,18,20H,4,11-14,16-17H2,1-3H3/t32-/m1/s1. The number of hydrogen-bond acceptors (Lipinski definition) is 5. The van der Waals surface area contributed by atoms with Gasteiger partial charge in [-0.3, -0.25) is 4.31 Å². The molecule has 2 aromatic rings. The van der Waals surface area contributed by atoms with Gasteiger partial charge in [0.1, 0.15) is 13.7 Å². The van der Waals surface area contributed by atoms with Crippen molar-refractivity contribution in [2.45, 2.75) is 49.8 Å². The second-order valence-corrected chi connectivity index (χ2v) is 13.8. The first-order chi connectivity index (χ1) is 15.7. The maximum absolute atomic E-state index is 13.7. The normalized spacial score (nSPS) is 16.0. The zero-order valence-corrected chi connectivity index (χ0v) is 23.1. The molecule has 1 aliphatic rings. The monoisotopic (exact) mass is 605 g/mol. The number of halogens is 1. The number of benzene rings is 2. The first kappa shape index (κ1) is 26.4. The molecule has 0 aliphatic carbocycles. The Morgan fingerprint density at radius 2 is 1.82 bits per heavy atom. The largest absolute Gasteiger partial charge is 0.492 e. The minimum atomic E-state index is -3.85. The number of rotatable bonds is 10. The van der Waals surface area contributed by atoms with Crippen molar-refractivity contribution in [3.8, 4) is 5.75 Å². The van der Waals surface area contributed by atoms with Crippen LogP contribution in [-0.4, -0.2) is 39.0 Å². The lowest BCUT2D eigenvalue weighted by molar-refractivity contribution is 0.0493. The molecule has 2 aromatic carbocycles. The molecule has 0 bridgehead atoms. The molecule has 182 valence electrons. The summed E-state index contributed by atoms with van der Waals surface area (Å²) < 4.78 is 52.6. The molecule has 0 unspecified atom stereocenters. The van der Waals surface area contributed by atoms with Crippen LogP contribution in [0.1, 0.15) is 39.2 Å². The van der Waals surface area contributed by atoms with Crippen LogP contribution in [0.3, 0.4) is 0 Å². The van der Waals surface area contributed by atoms with E-state index in [1.807, 2.05) is 38.1 Å². The van der Waals surface area contributed by atoms with Crippen LogP contribution in [0.4, 0.5) is 5.69 Å². The summed E-state index contributed by atoms with van der Waals surface area (Å²) in [4.78, 5) is 0.496. The first-order valence-electron chi connectivity index (χ1n) is 11.3. The van der Waals surface area contributed by atoms with Crippen LogP contribution >= 0.6 is 21.2 Å². The predicted octanol–water partition coefficient (Wildman–Crippen LogP) is 5.36. The van der Waals surface area contributed by atoms with Gasteiger partial charge in [-0.25, -0.2) is 12.6 Å². The summed E-state index contributed by atoms with van der Waals surface area (Å²) in [6, 6.07) is 12.3. The SMILES string of the molecule is CCc1ccc(N(CC(C)C)S(=O)(=O)c2ccc(OCC3CCOCC3)c([S@@](=O)I)c2)cc1. The Hall–Kier alpha value is -1.17. The predicted molar refractivity (Wildman–Crippen MR) is 141 cm³/mol. The number of aryl methyl sites for hydroxylation is 1. The minimum absolute atomic E-state index is 0.112. The van der Waals surface area contributed by atoms with Crippen molar-refractivity contribution in [2.75, 3.05) is 30.7 Å². The lowest BCUT2D eigenvalue weighted by atomic mass is 10.0. The Balaban J connectivity index is 1.91. The average Bonchev–Trinajstić information content (AvgIpc) is 2.81. The third kappa shape index (κ3) is 6.93. The Kier molecular flexibility index (Phi) is 9.61. The zero-order chi connectivity index (χ0) is 24.0. The van der Waals surface area contributed by atoms with Gasteiger partial charge in [0.2, 0.25) is 0 Å². The lowest BCUT2D eigenvalue weighted by Crippen LogP contribution is -2.34. The van der Waals surface area contributed by atoms with E-state index in [1.54, 1.807) is 33.3 Å². The van der Waals surface area contributed by atoms with Crippen LogP contribution in [0.5, 0.6) is 5.75 Å². The topological polar surface area (TPSA) is 72.9 Å². The van der Waals surface area contributed by atoms with Crippen LogP contribution in [-0.2, 0) is 29.2 Å². The molecule has 1 fully saturated rings. The van der Waals surface area contributed by atoms with E-state index in [2.05, 4.69) is 6.92 Å². The molecule has 1 saturated heterocycles. The molecule has 0 amide bonds. The summed E-state index contributed by atoms with van der Waals surface area (Å²) in [5, 5.41) is 0. The van der Waals surface area contributed by atoms with Crippen LogP contribution < -0.4 is 9.04 Å². The van der Waals surface area contributed by atoms with E-state index in [0.29, 0.717) is 35.4 Å². The molecule has 1 heterocycles. The highest BCUT2D eigenvalue weighted by molar-refractivity contribution is 14.2. The van der Waals surface area contributed by atoms with E-state index in [9.17, 15) is 12.6 Å². The zero-order valence-electron chi connectivity index (χ0n) is 19.3. The Bertz CT molecular complexity index is 1050. The summed E-state index contributed by atoms with van der Waals surface area (Å²) in [6.07, 6.45) is 2.74. The van der Waals surface area contributed by atoms with E-state index in [0.717, 1.165) is 38.0 Å². The molecule has 0 spiro atoms. The summed E-state index contributed by atoms with van der Waals surface area (Å²) in [7, 11) is -5.28. The summed E-state index contributed by atoms with van der Waals surface area (Å²) in [6.45, 7) is 8.33. The number of hydrogen-bond donors (Lipinski definition) is 0. The van der Waals surface area contributed by atoms with Gasteiger partial charge in [0.05, 0.1) is 22.1 Å². The second-order valence-electron chi connectivity index (χ2n) is 8.65. The molecule has 1 aliphatic heterocycles. The Morgan fingerprint density at radius 3 is 2.39 bits per heavy atom. The number of nitrogens with zero attached hydrogens (tertiary/aromatic N) is 1. The molecule has 6 nitrogen and oxygen atoms in total. The highest BCUT2D eigenvalue weighted by Crippen LogP contribution is 2.32. The molecule has 0 radical (unpaired) electrons. The number of sulfonamides is 1. The van der Waals surface area contributed by atoms with Crippen LogP contribution in [0.2, 0.25) is 0 Å². The van der Waals surface area contributed by atoms with Gasteiger partial charge in [-0.15, -0.1) is 0 Å². The van der Waals surface area contributed by atoms with Gasteiger partial charge in [0.15, 0.2) is 0 Å². The summed E-state index contributed by atoms with van der Waals surface area (Å²) >= 11 is 1.79. The quantitative estimate of drug-likeness (QED) is 0.269. The molecule has 0 saturated carbocycles. The maximum atomic E-state index is 13.7. The number of anilines is 1. The molecule has 9 heteroatoms. The highest BCUT2D eigenvalue weighted by Gasteiger charge is 2.28. The van der Waals surface area contributed by atoms with Gasteiger partial charge in [-0.05, 0) is 67.0 Å². The van der Waals surface area contributed by atoms with Crippen LogP contribution in [0.25, 0.3) is 0 Å². The van der Waals surface area contributed by atoms with Gasteiger partial charge >= 0.3 is 0 Å². The van der Waals surface area contributed by atoms with Gasteiger partial charge in [-0.2, -0.15) is 0 Å². The molecule has 33 heavy (non-hydrogen) atoms. The van der Waals surface area contributed by atoms with Crippen molar-refractivity contribution in [2.24, 2.45) is 11.8 Å². The van der Waals surface area contributed by atoms with Crippen LogP contribution in [0.15, 0.2) is 52.3 Å². The van der Waals surface area contributed by atoms with Gasteiger partial charge < -0.3 is 9.47 Å². The van der Waals surface area contributed by atoms with Crippen molar-refractivity contribution >= 4 is 44.9 Å². The fourth-order valence-corrected chi connectivity index (χ4v) is 6.98. The Morgan fingerprint density at radius 1 is 1.15 bits per heavy atom. The molecule has 0 N–H and O–H groups in total. The van der Waals surface area contributed by atoms with E-state index < -0.39 is 18.0 Å². The van der Waals surface area contributed by atoms with E-state index >= 15 is 0 Å². The maximum Gasteiger partial charge on any atom is 0.264 e. The van der Waals surface area contributed by atoms with Crippen molar-refractivity contribution in [3.05, 3.63) is 48.0 Å². The van der Waals surface area contributed by atoms with Crippen LogP contribution in [0, 0.1) is 11.8 Å². The first-order valence-corrected chi connectivity index (χ1v) is 16.4. The molecule has 3 rings (SSSR count).